The van der Waals surface area contributed by atoms with E-state index in [1.165, 1.54) is 19.4 Å². The molecule has 0 unspecified atom stereocenters. The number of amides is 2. The number of anilines is 1. The van der Waals surface area contributed by atoms with Gasteiger partial charge in [0.15, 0.2) is 0 Å². The number of hydrogen-bond donors (Lipinski definition) is 2. The summed E-state index contributed by atoms with van der Waals surface area (Å²) in [7, 11) is 1.52. The lowest BCUT2D eigenvalue weighted by Crippen LogP contribution is -2.24. The smallest absolute Gasteiger partial charge is 0.274 e. The zero-order valence-corrected chi connectivity index (χ0v) is 15.9. The number of para-hydroxylation sites is 2. The summed E-state index contributed by atoms with van der Waals surface area (Å²) in [5.41, 5.74) is 1.77. The third-order valence-corrected chi connectivity index (χ3v) is 4.38. The van der Waals surface area contributed by atoms with Crippen molar-refractivity contribution in [2.24, 2.45) is 0 Å². The molecule has 2 aromatic carbocycles. The summed E-state index contributed by atoms with van der Waals surface area (Å²) in [5, 5.41) is 6.10. The molecule has 6 nitrogen and oxygen atoms in total. The van der Waals surface area contributed by atoms with E-state index in [1.54, 1.807) is 36.4 Å². The predicted octanol–water partition coefficient (Wildman–Crippen LogP) is 3.93. The Labute approximate surface area is 167 Å². The number of rotatable bonds is 6. The second kappa shape index (κ2) is 9.01. The maximum absolute atomic E-state index is 12.5. The van der Waals surface area contributed by atoms with Gasteiger partial charge in [-0.2, -0.15) is 0 Å². The van der Waals surface area contributed by atoms with E-state index in [-0.39, 0.29) is 18.1 Å². The zero-order valence-electron chi connectivity index (χ0n) is 15.1. The summed E-state index contributed by atoms with van der Waals surface area (Å²) in [4.78, 5) is 29.0. The molecule has 7 heteroatoms. The van der Waals surface area contributed by atoms with Crippen LogP contribution in [-0.2, 0) is 6.54 Å². The number of carbonyl (C=O) groups excluding carboxylic acids is 2. The molecule has 3 aromatic rings. The van der Waals surface area contributed by atoms with Crippen LogP contribution in [0.4, 0.5) is 5.69 Å². The quantitative estimate of drug-likeness (QED) is 0.662. The Morgan fingerprint density at radius 1 is 1.04 bits per heavy atom. The number of halogens is 1. The Hall–Kier alpha value is -3.38. The van der Waals surface area contributed by atoms with Crippen molar-refractivity contribution in [2.45, 2.75) is 6.54 Å². The molecule has 2 amide bonds. The van der Waals surface area contributed by atoms with Gasteiger partial charge in [0.1, 0.15) is 11.4 Å². The van der Waals surface area contributed by atoms with Gasteiger partial charge in [-0.15, -0.1) is 0 Å². The van der Waals surface area contributed by atoms with Crippen LogP contribution in [0.2, 0.25) is 5.02 Å². The maximum Gasteiger partial charge on any atom is 0.274 e. The van der Waals surface area contributed by atoms with Gasteiger partial charge in [0.25, 0.3) is 11.8 Å². The van der Waals surface area contributed by atoms with Gasteiger partial charge in [-0.05, 0) is 35.9 Å². The van der Waals surface area contributed by atoms with E-state index in [2.05, 4.69) is 15.6 Å². The molecule has 0 atom stereocenters. The van der Waals surface area contributed by atoms with Crippen molar-refractivity contribution in [1.82, 2.24) is 10.3 Å². The summed E-state index contributed by atoms with van der Waals surface area (Å²) in [6.45, 7) is 0.281. The van der Waals surface area contributed by atoms with Crippen molar-refractivity contribution in [3.63, 3.8) is 0 Å². The molecule has 0 aliphatic rings. The van der Waals surface area contributed by atoms with Gasteiger partial charge < -0.3 is 15.4 Å². The van der Waals surface area contributed by atoms with Crippen LogP contribution < -0.4 is 15.4 Å². The largest absolute Gasteiger partial charge is 0.495 e. The number of ether oxygens (including phenoxy) is 1. The third-order valence-electron chi connectivity index (χ3n) is 4.01. The topological polar surface area (TPSA) is 80.3 Å². The highest BCUT2D eigenvalue weighted by Gasteiger charge is 2.14. The van der Waals surface area contributed by atoms with Gasteiger partial charge in [-0.3, -0.25) is 14.6 Å². The summed E-state index contributed by atoms with van der Waals surface area (Å²) >= 11 is 6.10. The van der Waals surface area contributed by atoms with E-state index in [1.807, 2.05) is 18.2 Å². The molecule has 2 N–H and O–H groups in total. The molecule has 0 radical (unpaired) electrons. The normalized spacial score (nSPS) is 10.2. The number of carbonyl (C=O) groups is 2. The van der Waals surface area contributed by atoms with Gasteiger partial charge in [-0.1, -0.05) is 41.9 Å². The first-order valence-electron chi connectivity index (χ1n) is 8.50. The van der Waals surface area contributed by atoms with Crippen LogP contribution in [-0.4, -0.2) is 23.9 Å². The van der Waals surface area contributed by atoms with Crippen LogP contribution in [0.5, 0.6) is 5.75 Å². The molecule has 142 valence electrons. The van der Waals surface area contributed by atoms with E-state index in [4.69, 9.17) is 16.3 Å². The Balaban J connectivity index is 1.70. The molecule has 0 spiro atoms. The summed E-state index contributed by atoms with van der Waals surface area (Å²) in [5.74, 6) is -0.233. The Bertz CT molecular complexity index is 1010. The van der Waals surface area contributed by atoms with E-state index in [0.717, 1.165) is 5.56 Å². The van der Waals surface area contributed by atoms with Gasteiger partial charge in [0.2, 0.25) is 0 Å². The second-order valence-electron chi connectivity index (χ2n) is 5.86. The molecule has 0 saturated heterocycles. The summed E-state index contributed by atoms with van der Waals surface area (Å²) in [6.07, 6.45) is 1.42. The molecule has 0 bridgehead atoms. The number of methoxy groups -OCH3 is 1. The number of hydrogen-bond acceptors (Lipinski definition) is 4. The lowest BCUT2D eigenvalue weighted by Gasteiger charge is -2.10. The van der Waals surface area contributed by atoms with Gasteiger partial charge in [0.05, 0.1) is 12.8 Å². The second-order valence-corrected chi connectivity index (χ2v) is 6.27. The molecular formula is C21H18ClN3O3. The average molecular weight is 396 g/mol. The van der Waals surface area contributed by atoms with Crippen LogP contribution in [0.3, 0.4) is 0 Å². The zero-order chi connectivity index (χ0) is 19.9. The van der Waals surface area contributed by atoms with Crippen LogP contribution >= 0.6 is 11.6 Å². The molecule has 0 saturated carbocycles. The average Bonchev–Trinajstić information content (AvgIpc) is 2.73. The molecule has 3 rings (SSSR count). The van der Waals surface area contributed by atoms with E-state index in [9.17, 15) is 9.59 Å². The minimum Gasteiger partial charge on any atom is -0.495 e. The Kier molecular flexibility index (Phi) is 6.24. The van der Waals surface area contributed by atoms with Crippen molar-refractivity contribution < 1.29 is 14.3 Å². The van der Waals surface area contributed by atoms with Gasteiger partial charge in [0, 0.05) is 23.3 Å². The highest BCUT2D eigenvalue weighted by Crippen LogP contribution is 2.23. The van der Waals surface area contributed by atoms with Crippen LogP contribution in [0, 0.1) is 0 Å². The predicted molar refractivity (Wildman–Crippen MR) is 108 cm³/mol. The molecule has 0 aliphatic heterocycles. The number of nitrogens with one attached hydrogen (secondary N) is 2. The molecule has 28 heavy (non-hydrogen) atoms. The van der Waals surface area contributed by atoms with Gasteiger partial charge >= 0.3 is 0 Å². The molecule has 0 aliphatic carbocycles. The van der Waals surface area contributed by atoms with Gasteiger partial charge in [-0.25, -0.2) is 0 Å². The minimum absolute atomic E-state index is 0.122. The number of pyridine rings is 1. The van der Waals surface area contributed by atoms with E-state index >= 15 is 0 Å². The Morgan fingerprint density at radius 3 is 2.57 bits per heavy atom. The fraction of sp³-hybridized carbons (Fsp3) is 0.0952. The first-order valence-corrected chi connectivity index (χ1v) is 8.88. The molecule has 1 aromatic heterocycles. The molecular weight excluding hydrogens is 378 g/mol. The SMILES string of the molecule is COc1ccccc1NC(=O)c1cc(C(=O)NCc2ccccc2Cl)ccn1. The number of benzene rings is 2. The summed E-state index contributed by atoms with van der Waals surface area (Å²) in [6, 6.07) is 17.3. The van der Waals surface area contributed by atoms with Crippen molar-refractivity contribution in [3.05, 3.63) is 88.7 Å². The molecule has 0 fully saturated rings. The van der Waals surface area contributed by atoms with Crippen LogP contribution in [0.1, 0.15) is 26.4 Å². The third kappa shape index (κ3) is 4.66. The van der Waals surface area contributed by atoms with E-state index in [0.29, 0.717) is 22.0 Å². The monoisotopic (exact) mass is 395 g/mol. The summed E-state index contributed by atoms with van der Waals surface area (Å²) < 4.78 is 5.22. The number of aromatic nitrogens is 1. The van der Waals surface area contributed by atoms with Crippen molar-refractivity contribution in [1.29, 1.82) is 0 Å². The van der Waals surface area contributed by atoms with Crippen molar-refractivity contribution >= 4 is 29.1 Å². The molecule has 1 heterocycles. The highest BCUT2D eigenvalue weighted by atomic mass is 35.5. The maximum atomic E-state index is 12.5. The fourth-order valence-electron chi connectivity index (χ4n) is 2.55. The van der Waals surface area contributed by atoms with Crippen molar-refractivity contribution in [2.75, 3.05) is 12.4 Å². The fourth-order valence-corrected chi connectivity index (χ4v) is 2.75. The Morgan fingerprint density at radius 2 is 1.79 bits per heavy atom. The highest BCUT2D eigenvalue weighted by molar-refractivity contribution is 6.31. The van der Waals surface area contributed by atoms with Crippen LogP contribution in [0.25, 0.3) is 0 Å². The lowest BCUT2D eigenvalue weighted by atomic mass is 10.2. The van der Waals surface area contributed by atoms with Crippen molar-refractivity contribution in [3.8, 4) is 5.75 Å². The first kappa shape index (κ1) is 19.4. The standard InChI is InChI=1S/C21H18ClN3O3/c1-28-19-9-5-4-8-17(19)25-21(27)18-12-14(10-11-23-18)20(26)24-13-15-6-2-3-7-16(15)22/h2-12H,13H2,1H3,(H,24,26)(H,25,27). The lowest BCUT2D eigenvalue weighted by molar-refractivity contribution is 0.0951. The van der Waals surface area contributed by atoms with E-state index < -0.39 is 5.91 Å². The first-order chi connectivity index (χ1) is 13.6. The minimum atomic E-state index is -0.440. The number of nitrogens with zero attached hydrogens (tertiary/aromatic N) is 1. The van der Waals surface area contributed by atoms with Crippen LogP contribution in [0.15, 0.2) is 66.9 Å².